The van der Waals surface area contributed by atoms with Crippen molar-refractivity contribution in [1.82, 2.24) is 9.88 Å². The van der Waals surface area contributed by atoms with Crippen LogP contribution < -0.4 is 5.32 Å². The number of carbonyl (C=O) groups excluding carboxylic acids is 2. The van der Waals surface area contributed by atoms with E-state index in [4.69, 9.17) is 4.74 Å². The van der Waals surface area contributed by atoms with Gasteiger partial charge in [0.05, 0.1) is 17.3 Å². The van der Waals surface area contributed by atoms with Gasteiger partial charge in [0, 0.05) is 6.54 Å². The first kappa shape index (κ1) is 14.8. The summed E-state index contributed by atoms with van der Waals surface area (Å²) >= 11 is 1.44. The summed E-state index contributed by atoms with van der Waals surface area (Å²) in [5.74, 6) is -0.210. The maximum Gasteiger partial charge on any atom is 0.410 e. The molecule has 3 rings (SSSR count). The first-order valence-corrected chi connectivity index (χ1v) is 7.93. The molecule has 1 aliphatic rings. The number of ether oxygens (including phenoxy) is 1. The number of likely N-dealkylation sites (tertiary alicyclic amines) is 1. The lowest BCUT2D eigenvalue weighted by atomic mass is 10.2. The third kappa shape index (κ3) is 2.76. The molecule has 2 heterocycles. The van der Waals surface area contributed by atoms with Gasteiger partial charge in [-0.15, -0.1) is 0 Å². The van der Waals surface area contributed by atoms with Gasteiger partial charge in [0.2, 0.25) is 5.91 Å². The summed E-state index contributed by atoms with van der Waals surface area (Å²) in [4.78, 5) is 29.9. The zero-order chi connectivity index (χ0) is 15.7. The number of fused-ring (bicyclic) bond motifs is 1. The van der Waals surface area contributed by atoms with Crippen molar-refractivity contribution in [3.05, 3.63) is 23.8 Å². The van der Waals surface area contributed by atoms with Crippen molar-refractivity contribution >= 4 is 38.7 Å². The van der Waals surface area contributed by atoms with Crippen molar-refractivity contribution in [2.75, 3.05) is 19.0 Å². The van der Waals surface area contributed by atoms with Gasteiger partial charge in [-0.25, -0.2) is 9.78 Å². The zero-order valence-electron chi connectivity index (χ0n) is 12.5. The summed E-state index contributed by atoms with van der Waals surface area (Å²) in [5.41, 5.74) is 2.02. The highest BCUT2D eigenvalue weighted by Gasteiger charge is 2.35. The first-order valence-electron chi connectivity index (χ1n) is 7.11. The van der Waals surface area contributed by atoms with E-state index in [1.54, 1.807) is 0 Å². The van der Waals surface area contributed by atoms with Crippen LogP contribution in [0.2, 0.25) is 0 Å². The number of hydrogen-bond acceptors (Lipinski definition) is 5. The van der Waals surface area contributed by atoms with E-state index in [-0.39, 0.29) is 5.91 Å². The number of rotatable bonds is 2. The van der Waals surface area contributed by atoms with Gasteiger partial charge >= 0.3 is 6.09 Å². The first-order chi connectivity index (χ1) is 10.6. The molecular weight excluding hydrogens is 302 g/mol. The molecular formula is C15H17N3O3S. The Hall–Kier alpha value is -2.15. The number of carbonyl (C=O) groups is 2. The smallest absolute Gasteiger partial charge is 0.410 e. The minimum atomic E-state index is -0.485. The molecule has 1 aliphatic heterocycles. The van der Waals surface area contributed by atoms with E-state index in [0.717, 1.165) is 22.2 Å². The molecule has 1 fully saturated rings. The molecule has 0 bridgehead atoms. The predicted octanol–water partition coefficient (Wildman–Crippen LogP) is 2.77. The molecule has 1 saturated heterocycles. The van der Waals surface area contributed by atoms with Crippen molar-refractivity contribution in [2.24, 2.45) is 0 Å². The minimum absolute atomic E-state index is 0.210. The van der Waals surface area contributed by atoms with E-state index in [9.17, 15) is 9.59 Å². The van der Waals surface area contributed by atoms with Crippen molar-refractivity contribution in [3.8, 4) is 0 Å². The number of hydrogen-bond donors (Lipinski definition) is 1. The number of benzene rings is 1. The number of thiazole rings is 1. The van der Waals surface area contributed by atoms with Crippen molar-refractivity contribution in [2.45, 2.75) is 25.8 Å². The molecule has 7 heteroatoms. The second kappa shape index (κ2) is 5.92. The van der Waals surface area contributed by atoms with Gasteiger partial charge < -0.3 is 10.1 Å². The molecule has 6 nitrogen and oxygen atoms in total. The lowest BCUT2D eigenvalue weighted by Gasteiger charge is -2.21. The maximum atomic E-state index is 12.4. The second-order valence-corrected chi connectivity index (χ2v) is 6.33. The number of anilines is 1. The van der Waals surface area contributed by atoms with E-state index in [1.165, 1.54) is 23.3 Å². The molecule has 1 unspecified atom stereocenters. The molecule has 0 saturated carbocycles. The normalized spacial score (nSPS) is 17.7. The van der Waals surface area contributed by atoms with Crippen LogP contribution in [0.5, 0.6) is 0 Å². The largest absolute Gasteiger partial charge is 0.453 e. The van der Waals surface area contributed by atoms with Crippen LogP contribution in [0, 0.1) is 6.92 Å². The maximum absolute atomic E-state index is 12.4. The Morgan fingerprint density at radius 3 is 3.05 bits per heavy atom. The van der Waals surface area contributed by atoms with Crippen LogP contribution in [-0.4, -0.2) is 41.6 Å². The topological polar surface area (TPSA) is 71.5 Å². The van der Waals surface area contributed by atoms with Crippen LogP contribution in [0.15, 0.2) is 18.2 Å². The van der Waals surface area contributed by atoms with Crippen molar-refractivity contribution in [3.63, 3.8) is 0 Å². The molecule has 116 valence electrons. The van der Waals surface area contributed by atoms with Gasteiger partial charge in [-0.05, 0) is 37.5 Å². The number of nitrogens with zero attached hydrogens (tertiary/aromatic N) is 2. The molecule has 1 aromatic heterocycles. The Kier molecular flexibility index (Phi) is 3.98. The Morgan fingerprint density at radius 1 is 1.45 bits per heavy atom. The summed E-state index contributed by atoms with van der Waals surface area (Å²) in [5, 5.41) is 3.38. The summed E-state index contributed by atoms with van der Waals surface area (Å²) < 4.78 is 5.75. The number of nitrogens with one attached hydrogen (secondary N) is 1. The van der Waals surface area contributed by atoms with Crippen LogP contribution in [0.3, 0.4) is 0 Å². The molecule has 0 aliphatic carbocycles. The number of aromatic nitrogens is 1. The number of aryl methyl sites for hydroxylation is 1. The third-order valence-electron chi connectivity index (χ3n) is 3.74. The summed E-state index contributed by atoms with van der Waals surface area (Å²) in [6.07, 6.45) is 0.981. The Labute approximate surface area is 132 Å². The quantitative estimate of drug-likeness (QED) is 0.924. The second-order valence-electron chi connectivity index (χ2n) is 5.30. The molecule has 1 aromatic carbocycles. The van der Waals surface area contributed by atoms with Crippen LogP contribution in [0.4, 0.5) is 9.93 Å². The molecule has 2 amide bonds. The summed E-state index contributed by atoms with van der Waals surface area (Å²) in [6, 6.07) is 5.48. The highest BCUT2D eigenvalue weighted by atomic mass is 32.1. The average molecular weight is 319 g/mol. The SMILES string of the molecule is COC(=O)N1CCCC1C(=O)Nc1nc2ccc(C)cc2s1. The fourth-order valence-electron chi connectivity index (χ4n) is 2.65. The fraction of sp³-hybridized carbons (Fsp3) is 0.400. The molecule has 1 N–H and O–H groups in total. The Bertz CT molecular complexity index is 728. The molecule has 22 heavy (non-hydrogen) atoms. The van der Waals surface area contributed by atoms with Gasteiger partial charge in [0.1, 0.15) is 6.04 Å². The molecule has 0 spiro atoms. The Balaban J connectivity index is 1.76. The van der Waals surface area contributed by atoms with Gasteiger partial charge in [0.25, 0.3) is 0 Å². The van der Waals surface area contributed by atoms with Crippen molar-refractivity contribution < 1.29 is 14.3 Å². The highest BCUT2D eigenvalue weighted by molar-refractivity contribution is 7.22. The van der Waals surface area contributed by atoms with Crippen LogP contribution in [-0.2, 0) is 9.53 Å². The summed E-state index contributed by atoms with van der Waals surface area (Å²) in [7, 11) is 1.32. The van der Waals surface area contributed by atoms with Crippen LogP contribution in [0.25, 0.3) is 10.2 Å². The van der Waals surface area contributed by atoms with Gasteiger partial charge in [0.15, 0.2) is 5.13 Å². The lowest BCUT2D eigenvalue weighted by molar-refractivity contribution is -0.119. The van der Waals surface area contributed by atoms with Gasteiger partial charge in [-0.1, -0.05) is 17.4 Å². The van der Waals surface area contributed by atoms with E-state index in [0.29, 0.717) is 18.1 Å². The zero-order valence-corrected chi connectivity index (χ0v) is 13.3. The summed E-state index contributed by atoms with van der Waals surface area (Å²) in [6.45, 7) is 2.56. The Morgan fingerprint density at radius 2 is 2.27 bits per heavy atom. The van der Waals surface area contributed by atoms with Gasteiger partial charge in [-0.3, -0.25) is 9.69 Å². The van der Waals surface area contributed by atoms with Crippen LogP contribution >= 0.6 is 11.3 Å². The van der Waals surface area contributed by atoms with Crippen LogP contribution in [0.1, 0.15) is 18.4 Å². The van der Waals surface area contributed by atoms with E-state index < -0.39 is 12.1 Å². The molecule has 0 radical (unpaired) electrons. The standard InChI is InChI=1S/C15H17N3O3S/c1-9-5-6-10-12(8-9)22-14(16-10)17-13(19)11-4-3-7-18(11)15(20)21-2/h5-6,8,11H,3-4,7H2,1-2H3,(H,16,17,19). The average Bonchev–Trinajstić information content (AvgIpc) is 3.11. The van der Waals surface area contributed by atoms with E-state index in [2.05, 4.69) is 10.3 Å². The third-order valence-corrected chi connectivity index (χ3v) is 4.67. The minimum Gasteiger partial charge on any atom is -0.453 e. The monoisotopic (exact) mass is 319 g/mol. The highest BCUT2D eigenvalue weighted by Crippen LogP contribution is 2.27. The predicted molar refractivity (Wildman–Crippen MR) is 85.1 cm³/mol. The molecule has 2 aromatic rings. The molecule has 1 atom stereocenters. The fourth-order valence-corrected chi connectivity index (χ4v) is 3.62. The van der Waals surface area contributed by atoms with E-state index in [1.807, 2.05) is 25.1 Å². The van der Waals surface area contributed by atoms with Crippen molar-refractivity contribution in [1.29, 1.82) is 0 Å². The van der Waals surface area contributed by atoms with E-state index >= 15 is 0 Å². The number of methoxy groups -OCH3 is 1. The van der Waals surface area contributed by atoms with Gasteiger partial charge in [-0.2, -0.15) is 0 Å². The number of amides is 2. The lowest BCUT2D eigenvalue weighted by Crippen LogP contribution is -2.43.